The van der Waals surface area contributed by atoms with Gasteiger partial charge in [0.1, 0.15) is 5.82 Å². The van der Waals surface area contributed by atoms with Crippen molar-refractivity contribution in [3.05, 3.63) is 66.0 Å². The van der Waals surface area contributed by atoms with Gasteiger partial charge >= 0.3 is 0 Å². The van der Waals surface area contributed by atoms with E-state index in [0.717, 1.165) is 43.9 Å². The van der Waals surface area contributed by atoms with E-state index in [4.69, 9.17) is 0 Å². The van der Waals surface area contributed by atoms with Crippen LogP contribution >= 0.6 is 0 Å². The van der Waals surface area contributed by atoms with Gasteiger partial charge in [-0.15, -0.1) is 0 Å². The SMILES string of the molecule is CN1CCN(CC(NC(=O)CCNS(=O)(=O)c2ccc(F)cc2)c2ccccc2)CC1. The molecule has 1 saturated heterocycles. The van der Waals surface area contributed by atoms with Crippen LogP contribution in [0.15, 0.2) is 59.5 Å². The van der Waals surface area contributed by atoms with Gasteiger partial charge in [0.05, 0.1) is 10.9 Å². The predicted molar refractivity (Wildman–Crippen MR) is 117 cm³/mol. The first-order chi connectivity index (χ1) is 14.8. The Morgan fingerprint density at radius 3 is 2.32 bits per heavy atom. The number of benzene rings is 2. The summed E-state index contributed by atoms with van der Waals surface area (Å²) in [6, 6.07) is 14.2. The maximum absolute atomic E-state index is 13.0. The summed E-state index contributed by atoms with van der Waals surface area (Å²) in [5, 5.41) is 3.05. The fourth-order valence-corrected chi connectivity index (χ4v) is 4.50. The number of amides is 1. The number of nitrogens with one attached hydrogen (secondary N) is 2. The molecule has 1 atom stereocenters. The second-order valence-electron chi connectivity index (χ2n) is 7.74. The van der Waals surface area contributed by atoms with Gasteiger partial charge in [-0.2, -0.15) is 0 Å². The molecule has 1 heterocycles. The van der Waals surface area contributed by atoms with E-state index in [-0.39, 0.29) is 29.8 Å². The molecule has 1 unspecified atom stereocenters. The van der Waals surface area contributed by atoms with Crippen LogP contribution in [0, 0.1) is 5.82 Å². The smallest absolute Gasteiger partial charge is 0.240 e. The number of rotatable bonds is 9. The normalized spacial score (nSPS) is 16.7. The number of hydrogen-bond donors (Lipinski definition) is 2. The molecule has 31 heavy (non-hydrogen) atoms. The second-order valence-corrected chi connectivity index (χ2v) is 9.50. The maximum Gasteiger partial charge on any atom is 0.240 e. The van der Waals surface area contributed by atoms with Crippen LogP contribution in [0.4, 0.5) is 4.39 Å². The maximum atomic E-state index is 13.0. The predicted octanol–water partition coefficient (Wildman–Crippen LogP) is 1.60. The van der Waals surface area contributed by atoms with Crippen LogP contribution in [0.3, 0.4) is 0 Å². The third-order valence-electron chi connectivity index (χ3n) is 5.34. The van der Waals surface area contributed by atoms with Gasteiger partial charge in [-0.05, 0) is 36.9 Å². The lowest BCUT2D eigenvalue weighted by atomic mass is 10.1. The summed E-state index contributed by atoms with van der Waals surface area (Å²) >= 11 is 0. The molecule has 0 saturated carbocycles. The lowest BCUT2D eigenvalue weighted by Crippen LogP contribution is -2.48. The lowest BCUT2D eigenvalue weighted by molar-refractivity contribution is -0.121. The molecule has 168 valence electrons. The highest BCUT2D eigenvalue weighted by atomic mass is 32.2. The number of halogens is 1. The molecule has 2 aromatic carbocycles. The fourth-order valence-electron chi connectivity index (χ4n) is 3.47. The highest BCUT2D eigenvalue weighted by Gasteiger charge is 2.21. The van der Waals surface area contributed by atoms with E-state index in [1.54, 1.807) is 0 Å². The van der Waals surface area contributed by atoms with E-state index in [1.165, 1.54) is 12.1 Å². The first-order valence-electron chi connectivity index (χ1n) is 10.3. The summed E-state index contributed by atoms with van der Waals surface area (Å²) in [6.45, 7) is 4.51. The Morgan fingerprint density at radius 1 is 1.03 bits per heavy atom. The van der Waals surface area contributed by atoms with Gasteiger partial charge < -0.3 is 10.2 Å². The van der Waals surface area contributed by atoms with E-state index in [1.807, 2.05) is 30.3 Å². The first kappa shape index (κ1) is 23.3. The number of piperazine rings is 1. The number of sulfonamides is 1. The second kappa shape index (κ2) is 10.8. The van der Waals surface area contributed by atoms with Crippen LogP contribution in [-0.2, 0) is 14.8 Å². The standard InChI is InChI=1S/C22H29FN4O3S/c1-26-13-15-27(16-14-26)17-21(18-5-3-2-4-6-18)25-22(28)11-12-24-31(29,30)20-9-7-19(23)8-10-20/h2-10,21,24H,11-17H2,1H3,(H,25,28). The number of carbonyl (C=O) groups excluding carboxylic acids is 1. The monoisotopic (exact) mass is 448 g/mol. The van der Waals surface area contributed by atoms with Crippen molar-refractivity contribution in [2.75, 3.05) is 46.3 Å². The van der Waals surface area contributed by atoms with E-state index >= 15 is 0 Å². The average molecular weight is 449 g/mol. The quantitative estimate of drug-likeness (QED) is 0.609. The molecule has 1 aliphatic heterocycles. The summed E-state index contributed by atoms with van der Waals surface area (Å²) in [6.07, 6.45) is 0.00644. The third kappa shape index (κ3) is 7.10. The first-order valence-corrected chi connectivity index (χ1v) is 11.8. The number of likely N-dealkylation sites (N-methyl/N-ethyl adjacent to an activating group) is 1. The summed E-state index contributed by atoms with van der Waals surface area (Å²) in [7, 11) is -1.69. The van der Waals surface area contributed by atoms with Crippen molar-refractivity contribution in [3.8, 4) is 0 Å². The van der Waals surface area contributed by atoms with Crippen LogP contribution in [0.5, 0.6) is 0 Å². The highest BCUT2D eigenvalue weighted by Crippen LogP contribution is 2.16. The Bertz CT molecular complexity index is 946. The van der Waals surface area contributed by atoms with Crippen LogP contribution in [0.2, 0.25) is 0 Å². The summed E-state index contributed by atoms with van der Waals surface area (Å²) in [5.74, 6) is -0.740. The number of carbonyl (C=O) groups is 1. The Labute approximate surface area is 183 Å². The van der Waals surface area contributed by atoms with Crippen LogP contribution in [0.25, 0.3) is 0 Å². The van der Waals surface area contributed by atoms with E-state index < -0.39 is 15.8 Å². The van der Waals surface area contributed by atoms with Crippen molar-refractivity contribution in [1.82, 2.24) is 19.8 Å². The van der Waals surface area contributed by atoms with Crippen LogP contribution < -0.4 is 10.0 Å². The third-order valence-corrected chi connectivity index (χ3v) is 6.82. The Kier molecular flexibility index (Phi) is 8.14. The summed E-state index contributed by atoms with van der Waals surface area (Å²) < 4.78 is 40.0. The van der Waals surface area contributed by atoms with Crippen molar-refractivity contribution in [3.63, 3.8) is 0 Å². The van der Waals surface area contributed by atoms with E-state index in [2.05, 4.69) is 26.9 Å². The van der Waals surface area contributed by atoms with Gasteiger partial charge in [0.25, 0.3) is 0 Å². The molecular formula is C22H29FN4O3S. The van der Waals surface area contributed by atoms with Crippen molar-refractivity contribution >= 4 is 15.9 Å². The van der Waals surface area contributed by atoms with Gasteiger partial charge in [-0.1, -0.05) is 30.3 Å². The zero-order valence-corrected chi connectivity index (χ0v) is 18.4. The van der Waals surface area contributed by atoms with Crippen LogP contribution in [0.1, 0.15) is 18.0 Å². The molecular weight excluding hydrogens is 419 g/mol. The topological polar surface area (TPSA) is 81.8 Å². The molecule has 1 amide bonds. The van der Waals surface area contributed by atoms with Crippen molar-refractivity contribution < 1.29 is 17.6 Å². The molecule has 2 aromatic rings. The minimum absolute atomic E-state index is 0.00644. The molecule has 9 heteroatoms. The lowest BCUT2D eigenvalue weighted by Gasteiger charge is -2.35. The molecule has 0 aromatic heterocycles. The molecule has 0 bridgehead atoms. The van der Waals surface area contributed by atoms with Gasteiger partial charge in [-0.3, -0.25) is 9.69 Å². The Balaban J connectivity index is 1.55. The van der Waals surface area contributed by atoms with Crippen molar-refractivity contribution in [2.45, 2.75) is 17.4 Å². The molecule has 0 aliphatic carbocycles. The zero-order valence-electron chi connectivity index (χ0n) is 17.6. The number of hydrogen-bond acceptors (Lipinski definition) is 5. The molecule has 0 spiro atoms. The molecule has 1 fully saturated rings. The average Bonchev–Trinajstić information content (AvgIpc) is 2.75. The zero-order chi connectivity index (χ0) is 22.3. The van der Waals surface area contributed by atoms with E-state index in [0.29, 0.717) is 6.54 Å². The van der Waals surface area contributed by atoms with Gasteiger partial charge in [-0.25, -0.2) is 17.5 Å². The van der Waals surface area contributed by atoms with Crippen molar-refractivity contribution in [2.24, 2.45) is 0 Å². The van der Waals surface area contributed by atoms with Gasteiger partial charge in [0.2, 0.25) is 15.9 Å². The molecule has 7 nitrogen and oxygen atoms in total. The van der Waals surface area contributed by atoms with E-state index in [9.17, 15) is 17.6 Å². The fraction of sp³-hybridized carbons (Fsp3) is 0.409. The Morgan fingerprint density at radius 2 is 1.68 bits per heavy atom. The highest BCUT2D eigenvalue weighted by molar-refractivity contribution is 7.89. The minimum Gasteiger partial charge on any atom is -0.348 e. The van der Waals surface area contributed by atoms with Crippen LogP contribution in [-0.4, -0.2) is 70.4 Å². The molecule has 3 rings (SSSR count). The largest absolute Gasteiger partial charge is 0.348 e. The van der Waals surface area contributed by atoms with Crippen molar-refractivity contribution in [1.29, 1.82) is 0 Å². The van der Waals surface area contributed by atoms with Gasteiger partial charge in [0, 0.05) is 45.7 Å². The molecule has 1 aliphatic rings. The molecule has 0 radical (unpaired) electrons. The summed E-state index contributed by atoms with van der Waals surface area (Å²) in [4.78, 5) is 17.1. The Hall–Kier alpha value is -2.33. The van der Waals surface area contributed by atoms with Gasteiger partial charge in [0.15, 0.2) is 0 Å². The minimum atomic E-state index is -3.79. The number of nitrogens with zero attached hydrogens (tertiary/aromatic N) is 2. The molecule has 2 N–H and O–H groups in total. The summed E-state index contributed by atoms with van der Waals surface area (Å²) in [5.41, 5.74) is 1.02.